The first-order chi connectivity index (χ1) is 12.0. The van der Waals surface area contributed by atoms with E-state index in [2.05, 4.69) is 0 Å². The van der Waals surface area contributed by atoms with Crippen LogP contribution in [-0.2, 0) is 6.42 Å². The zero-order valence-electron chi connectivity index (χ0n) is 13.9. The lowest BCUT2D eigenvalue weighted by atomic mass is 9.92. The molecule has 0 bridgehead atoms. The number of carbonyl (C=O) groups excluding carboxylic acids is 1. The van der Waals surface area contributed by atoms with Crippen molar-refractivity contribution in [2.75, 3.05) is 0 Å². The second kappa shape index (κ2) is 7.45. The van der Waals surface area contributed by atoms with E-state index in [1.807, 2.05) is 0 Å². The van der Waals surface area contributed by atoms with Crippen LogP contribution in [0.25, 0.3) is 0 Å². The van der Waals surface area contributed by atoms with Crippen molar-refractivity contribution in [1.82, 2.24) is 0 Å². The standard InChI is InChI=1S/C18H15ClF3NO3/c1-10-6-13(17(19)18(20,21)22)7-11(2)15(10)9-16(24)12-4-3-5-14(8-12)23(25)26/h3-8,17H,9H2,1-2H3. The maximum atomic E-state index is 12.8. The van der Waals surface area contributed by atoms with Crippen molar-refractivity contribution in [1.29, 1.82) is 0 Å². The minimum atomic E-state index is -4.57. The van der Waals surface area contributed by atoms with E-state index in [1.54, 1.807) is 13.8 Å². The number of aryl methyl sites for hydroxylation is 2. The average molecular weight is 386 g/mol. The Bertz CT molecular complexity index is 842. The van der Waals surface area contributed by atoms with Crippen LogP contribution in [0.5, 0.6) is 0 Å². The molecule has 0 amide bonds. The zero-order chi connectivity index (χ0) is 19.6. The molecule has 2 aromatic rings. The molecular formula is C18H15ClF3NO3. The SMILES string of the molecule is Cc1cc(C(Cl)C(F)(F)F)cc(C)c1CC(=O)c1cccc([N+](=O)[O-])c1. The molecule has 0 N–H and O–H groups in total. The number of hydrogen-bond donors (Lipinski definition) is 0. The van der Waals surface area contributed by atoms with E-state index in [4.69, 9.17) is 11.6 Å². The molecule has 2 rings (SSSR count). The molecular weight excluding hydrogens is 371 g/mol. The normalized spacial score (nSPS) is 12.7. The Morgan fingerprint density at radius 3 is 2.27 bits per heavy atom. The van der Waals surface area contributed by atoms with Crippen molar-refractivity contribution in [3.05, 3.63) is 74.3 Å². The molecule has 0 fully saturated rings. The van der Waals surface area contributed by atoms with Crippen molar-refractivity contribution in [2.45, 2.75) is 31.8 Å². The fourth-order valence-electron chi connectivity index (χ4n) is 2.70. The van der Waals surface area contributed by atoms with Gasteiger partial charge in [-0.05, 0) is 36.1 Å². The smallest absolute Gasteiger partial charge is 0.294 e. The summed E-state index contributed by atoms with van der Waals surface area (Å²) in [6.45, 7) is 3.21. The molecule has 0 aliphatic rings. The van der Waals surface area contributed by atoms with Gasteiger partial charge in [0.2, 0.25) is 0 Å². The Labute approximate surface area is 152 Å². The van der Waals surface area contributed by atoms with Crippen LogP contribution in [0.4, 0.5) is 18.9 Å². The van der Waals surface area contributed by atoms with Crippen molar-refractivity contribution in [3.63, 3.8) is 0 Å². The molecule has 0 saturated carbocycles. The lowest BCUT2D eigenvalue weighted by molar-refractivity contribution is -0.384. The van der Waals surface area contributed by atoms with Gasteiger partial charge in [-0.1, -0.05) is 24.3 Å². The predicted molar refractivity (Wildman–Crippen MR) is 91.7 cm³/mol. The highest BCUT2D eigenvalue weighted by molar-refractivity contribution is 6.21. The summed E-state index contributed by atoms with van der Waals surface area (Å²) in [7, 11) is 0. The average Bonchev–Trinajstić information content (AvgIpc) is 2.56. The third kappa shape index (κ3) is 4.40. The summed E-state index contributed by atoms with van der Waals surface area (Å²) in [6.07, 6.45) is -4.64. The number of ketones is 1. The minimum Gasteiger partial charge on any atom is -0.294 e. The number of halogens is 4. The summed E-state index contributed by atoms with van der Waals surface area (Å²) < 4.78 is 38.4. The summed E-state index contributed by atoms with van der Waals surface area (Å²) in [5.74, 6) is -0.356. The third-order valence-corrected chi connectivity index (χ3v) is 4.51. The minimum absolute atomic E-state index is 0.0713. The maximum absolute atomic E-state index is 12.8. The van der Waals surface area contributed by atoms with Crippen LogP contribution in [0, 0.1) is 24.0 Å². The van der Waals surface area contributed by atoms with Crippen molar-refractivity contribution >= 4 is 23.1 Å². The first-order valence-electron chi connectivity index (χ1n) is 7.59. The summed E-state index contributed by atoms with van der Waals surface area (Å²) in [6, 6.07) is 7.96. The molecule has 0 spiro atoms. The van der Waals surface area contributed by atoms with Crippen LogP contribution >= 0.6 is 11.6 Å². The molecule has 26 heavy (non-hydrogen) atoms. The first kappa shape index (κ1) is 19.9. The van der Waals surface area contributed by atoms with Gasteiger partial charge in [0.15, 0.2) is 11.2 Å². The molecule has 0 heterocycles. The zero-order valence-corrected chi connectivity index (χ0v) is 14.7. The highest BCUT2D eigenvalue weighted by atomic mass is 35.5. The summed E-state index contributed by atoms with van der Waals surface area (Å²) in [4.78, 5) is 22.7. The highest BCUT2D eigenvalue weighted by Gasteiger charge is 2.39. The van der Waals surface area contributed by atoms with Gasteiger partial charge in [-0.25, -0.2) is 0 Å². The molecule has 0 saturated heterocycles. The van der Waals surface area contributed by atoms with E-state index in [0.29, 0.717) is 16.7 Å². The Morgan fingerprint density at radius 2 is 1.77 bits per heavy atom. The number of rotatable bonds is 5. The number of non-ortho nitro benzene ring substituents is 1. The Kier molecular flexibility index (Phi) is 5.71. The van der Waals surface area contributed by atoms with Crippen molar-refractivity contribution in [3.8, 4) is 0 Å². The van der Waals surface area contributed by atoms with E-state index in [1.165, 1.54) is 36.4 Å². The number of Topliss-reactive ketones (excluding diaryl/α,β-unsaturated/α-hetero) is 1. The van der Waals surface area contributed by atoms with Gasteiger partial charge in [0.05, 0.1) is 4.92 Å². The van der Waals surface area contributed by atoms with Crippen LogP contribution in [0.3, 0.4) is 0 Å². The van der Waals surface area contributed by atoms with Gasteiger partial charge in [0.25, 0.3) is 5.69 Å². The van der Waals surface area contributed by atoms with Gasteiger partial charge in [-0.2, -0.15) is 13.2 Å². The topological polar surface area (TPSA) is 60.2 Å². The molecule has 0 radical (unpaired) electrons. The molecule has 0 aliphatic carbocycles. The number of alkyl halides is 4. The van der Waals surface area contributed by atoms with Crippen LogP contribution in [0.15, 0.2) is 36.4 Å². The number of hydrogen-bond acceptors (Lipinski definition) is 3. The van der Waals surface area contributed by atoms with E-state index in [-0.39, 0.29) is 29.0 Å². The monoisotopic (exact) mass is 385 g/mol. The van der Waals surface area contributed by atoms with Crippen molar-refractivity contribution in [2.24, 2.45) is 0 Å². The molecule has 1 atom stereocenters. The van der Waals surface area contributed by atoms with Crippen LogP contribution < -0.4 is 0 Å². The van der Waals surface area contributed by atoms with Gasteiger partial charge in [0.1, 0.15) is 0 Å². The molecule has 2 aromatic carbocycles. The summed E-state index contributed by atoms with van der Waals surface area (Å²) in [5.41, 5.74) is 1.49. The number of nitrogens with zero attached hydrogens (tertiary/aromatic N) is 1. The van der Waals surface area contributed by atoms with Crippen LogP contribution in [-0.4, -0.2) is 16.9 Å². The maximum Gasteiger partial charge on any atom is 0.408 e. The lowest BCUT2D eigenvalue weighted by Gasteiger charge is -2.17. The Hall–Kier alpha value is -2.41. The molecule has 8 heteroatoms. The number of nitro groups is 1. The second-order valence-electron chi connectivity index (χ2n) is 5.94. The number of carbonyl (C=O) groups is 1. The van der Waals surface area contributed by atoms with E-state index >= 15 is 0 Å². The molecule has 138 valence electrons. The van der Waals surface area contributed by atoms with Crippen LogP contribution in [0.2, 0.25) is 0 Å². The van der Waals surface area contributed by atoms with E-state index < -0.39 is 16.5 Å². The molecule has 1 unspecified atom stereocenters. The summed E-state index contributed by atoms with van der Waals surface area (Å²) in [5, 5.41) is 8.69. The van der Waals surface area contributed by atoms with E-state index in [9.17, 15) is 28.1 Å². The van der Waals surface area contributed by atoms with Crippen molar-refractivity contribution < 1.29 is 22.9 Å². The Morgan fingerprint density at radius 1 is 1.19 bits per heavy atom. The summed E-state index contributed by atoms with van der Waals surface area (Å²) >= 11 is 5.47. The highest BCUT2D eigenvalue weighted by Crippen LogP contribution is 2.39. The first-order valence-corrected chi connectivity index (χ1v) is 8.03. The van der Waals surface area contributed by atoms with Gasteiger partial charge < -0.3 is 0 Å². The second-order valence-corrected chi connectivity index (χ2v) is 6.38. The van der Waals surface area contributed by atoms with E-state index in [0.717, 1.165) is 0 Å². The Balaban J connectivity index is 2.31. The quantitative estimate of drug-likeness (QED) is 0.296. The fourth-order valence-corrected chi connectivity index (χ4v) is 2.82. The van der Waals surface area contributed by atoms with Gasteiger partial charge in [-0.15, -0.1) is 11.6 Å². The van der Waals surface area contributed by atoms with Gasteiger partial charge in [0, 0.05) is 24.1 Å². The number of nitro benzene ring substituents is 1. The van der Waals surface area contributed by atoms with Gasteiger partial charge >= 0.3 is 6.18 Å². The third-order valence-electron chi connectivity index (χ3n) is 4.01. The molecule has 4 nitrogen and oxygen atoms in total. The molecule has 0 aromatic heterocycles. The predicted octanol–water partition coefficient (Wildman–Crippen LogP) is 5.48. The lowest BCUT2D eigenvalue weighted by Crippen LogP contribution is -2.16. The molecule has 0 aliphatic heterocycles. The fraction of sp³-hybridized carbons (Fsp3) is 0.278. The number of benzene rings is 2. The van der Waals surface area contributed by atoms with Crippen LogP contribution in [0.1, 0.15) is 38.0 Å². The largest absolute Gasteiger partial charge is 0.408 e. The van der Waals surface area contributed by atoms with Gasteiger partial charge in [-0.3, -0.25) is 14.9 Å².